The molecule has 3 rings (SSSR count). The van der Waals surface area contributed by atoms with Gasteiger partial charge < -0.3 is 0 Å². The summed E-state index contributed by atoms with van der Waals surface area (Å²) < 4.78 is 26.7. The highest BCUT2D eigenvalue weighted by Gasteiger charge is 2.40. The number of nitrogens with zero attached hydrogens (tertiary/aromatic N) is 3. The van der Waals surface area contributed by atoms with Gasteiger partial charge in [-0.2, -0.15) is 8.78 Å². The summed E-state index contributed by atoms with van der Waals surface area (Å²) in [6, 6.07) is 1.06. The molecule has 0 aromatic carbocycles. The molecule has 2 fully saturated rings. The topological polar surface area (TPSA) is 21.1 Å². The molecule has 0 spiro atoms. The van der Waals surface area contributed by atoms with E-state index in [1.54, 1.807) is 0 Å². The van der Waals surface area contributed by atoms with Gasteiger partial charge in [-0.3, -0.25) is 9.47 Å². The molecule has 1 aliphatic carbocycles. The van der Waals surface area contributed by atoms with E-state index in [0.717, 1.165) is 10.5 Å². The zero-order valence-electron chi connectivity index (χ0n) is 11.3. The molecule has 3 atom stereocenters. The average Bonchev–Trinajstić information content (AvgIpc) is 2.96. The Morgan fingerprint density at radius 2 is 2.16 bits per heavy atom. The summed E-state index contributed by atoms with van der Waals surface area (Å²) in [6.45, 7) is 0.283. The fourth-order valence-electron chi connectivity index (χ4n) is 3.88. The summed E-state index contributed by atoms with van der Waals surface area (Å²) in [6.07, 6.45) is 9.17. The number of alkyl halides is 2. The van der Waals surface area contributed by atoms with Crippen LogP contribution in [0.15, 0.2) is 12.4 Å². The number of aromatic nitrogens is 2. The van der Waals surface area contributed by atoms with Crippen molar-refractivity contribution in [3.05, 3.63) is 18.2 Å². The largest absolute Gasteiger partial charge is 0.319 e. The molecule has 19 heavy (non-hydrogen) atoms. The number of halogens is 2. The molecular formula is C14H21F2N3. The summed E-state index contributed by atoms with van der Waals surface area (Å²) >= 11 is 0. The second kappa shape index (κ2) is 5.19. The summed E-state index contributed by atoms with van der Waals surface area (Å²) in [5, 5.41) is 0. The van der Waals surface area contributed by atoms with E-state index in [2.05, 4.69) is 16.8 Å². The molecule has 0 bridgehead atoms. The Balaban J connectivity index is 1.76. The van der Waals surface area contributed by atoms with Crippen molar-refractivity contribution < 1.29 is 8.78 Å². The lowest BCUT2D eigenvalue weighted by Crippen LogP contribution is -2.38. The minimum absolute atomic E-state index is 0.482. The van der Waals surface area contributed by atoms with Gasteiger partial charge in [-0.1, -0.05) is 12.8 Å². The first-order valence-electron chi connectivity index (χ1n) is 7.22. The molecule has 2 aliphatic rings. The minimum atomic E-state index is -2.49. The first-order chi connectivity index (χ1) is 9.16. The number of imidazole rings is 1. The molecule has 3 unspecified atom stereocenters. The number of likely N-dealkylation sites (tertiary alicyclic amines) is 1. The highest BCUT2D eigenvalue weighted by molar-refractivity contribution is 4.99. The molecule has 0 radical (unpaired) electrons. The molecule has 3 nitrogen and oxygen atoms in total. The predicted octanol–water partition coefficient (Wildman–Crippen LogP) is 3.43. The molecular weight excluding hydrogens is 248 g/mol. The van der Waals surface area contributed by atoms with Gasteiger partial charge in [0.25, 0.3) is 0 Å². The van der Waals surface area contributed by atoms with E-state index in [1.165, 1.54) is 44.5 Å². The van der Waals surface area contributed by atoms with Crippen molar-refractivity contribution in [2.45, 2.75) is 64.2 Å². The quantitative estimate of drug-likeness (QED) is 0.838. The van der Waals surface area contributed by atoms with Crippen LogP contribution in [0.3, 0.4) is 0 Å². The minimum Gasteiger partial charge on any atom is -0.290 e. The summed E-state index contributed by atoms with van der Waals surface area (Å²) in [7, 11) is 0. The van der Waals surface area contributed by atoms with Gasteiger partial charge in [0.05, 0.1) is 6.54 Å². The number of fused-ring (bicyclic) bond motifs is 1. The number of rotatable bonds is 3. The Labute approximate surface area is 112 Å². The van der Waals surface area contributed by atoms with Crippen LogP contribution in [0.25, 0.3) is 0 Å². The van der Waals surface area contributed by atoms with Gasteiger partial charge in [0.1, 0.15) is 5.82 Å². The Bertz CT molecular complexity index is 432. The summed E-state index contributed by atoms with van der Waals surface area (Å²) in [4.78, 5) is 6.51. The van der Waals surface area contributed by atoms with Crippen LogP contribution in [0, 0.1) is 5.92 Å². The number of hydrogen-bond acceptors (Lipinski definition) is 2. The monoisotopic (exact) mass is 269 g/mol. The molecule has 1 saturated heterocycles. The fourth-order valence-corrected chi connectivity index (χ4v) is 3.88. The Kier molecular flexibility index (Phi) is 3.56. The predicted molar refractivity (Wildman–Crippen MR) is 68.8 cm³/mol. The maximum atomic E-state index is 12.9. The Morgan fingerprint density at radius 1 is 1.37 bits per heavy atom. The van der Waals surface area contributed by atoms with Crippen molar-refractivity contribution in [3.63, 3.8) is 0 Å². The Morgan fingerprint density at radius 3 is 2.95 bits per heavy atom. The fraction of sp³-hybridized carbons (Fsp3) is 0.786. The highest BCUT2D eigenvalue weighted by Crippen LogP contribution is 2.40. The molecule has 1 saturated carbocycles. The maximum Gasteiger partial charge on any atom is 0.319 e. The molecule has 5 heteroatoms. The highest BCUT2D eigenvalue weighted by atomic mass is 19.3. The third-order valence-corrected chi connectivity index (χ3v) is 4.79. The van der Waals surface area contributed by atoms with Gasteiger partial charge in [0.15, 0.2) is 0 Å². The van der Waals surface area contributed by atoms with Crippen LogP contribution >= 0.6 is 0 Å². The molecule has 0 N–H and O–H groups in total. The van der Waals surface area contributed by atoms with Crippen LogP contribution in [-0.4, -0.2) is 26.5 Å². The first kappa shape index (κ1) is 13.0. The Hall–Kier alpha value is -0.970. The lowest BCUT2D eigenvalue weighted by atomic mass is 9.85. The van der Waals surface area contributed by atoms with Crippen molar-refractivity contribution in [3.8, 4) is 0 Å². The molecule has 2 heterocycles. The van der Waals surface area contributed by atoms with Gasteiger partial charge in [-0.15, -0.1) is 0 Å². The lowest BCUT2D eigenvalue weighted by molar-refractivity contribution is 0.0603. The maximum absolute atomic E-state index is 12.9. The SMILES string of the molecule is CC1CC2CCCCC2N1Cc1nccn1C(F)F. The summed E-state index contributed by atoms with van der Waals surface area (Å²) in [5.41, 5.74) is 0. The van der Waals surface area contributed by atoms with Crippen LogP contribution in [0.5, 0.6) is 0 Å². The van der Waals surface area contributed by atoms with E-state index in [0.29, 0.717) is 24.5 Å². The standard InChI is InChI=1S/C14H21F2N3/c1-10-8-11-4-2-3-5-12(11)19(10)9-13-17-6-7-18(13)14(15)16/h6-7,10-12,14H,2-5,8-9H2,1H3. The number of hydrogen-bond donors (Lipinski definition) is 0. The van der Waals surface area contributed by atoms with Gasteiger partial charge in [-0.05, 0) is 32.1 Å². The zero-order valence-corrected chi connectivity index (χ0v) is 11.3. The zero-order chi connectivity index (χ0) is 13.4. The molecule has 1 aromatic heterocycles. The second-order valence-corrected chi connectivity index (χ2v) is 5.90. The molecule has 1 aliphatic heterocycles. The van der Waals surface area contributed by atoms with Crippen LogP contribution in [0.4, 0.5) is 8.78 Å². The summed E-state index contributed by atoms with van der Waals surface area (Å²) in [5.74, 6) is 1.26. The van der Waals surface area contributed by atoms with Crippen molar-refractivity contribution in [2.75, 3.05) is 0 Å². The van der Waals surface area contributed by atoms with E-state index in [1.807, 2.05) is 0 Å². The van der Waals surface area contributed by atoms with Crippen LogP contribution in [-0.2, 0) is 6.54 Å². The molecule has 106 valence electrons. The lowest BCUT2D eigenvalue weighted by Gasteiger charge is -2.33. The van der Waals surface area contributed by atoms with E-state index in [9.17, 15) is 8.78 Å². The van der Waals surface area contributed by atoms with E-state index >= 15 is 0 Å². The normalized spacial score (nSPS) is 31.9. The van der Waals surface area contributed by atoms with E-state index in [-0.39, 0.29) is 0 Å². The van der Waals surface area contributed by atoms with Gasteiger partial charge in [0, 0.05) is 24.5 Å². The molecule has 1 aromatic rings. The molecule has 0 amide bonds. The smallest absolute Gasteiger partial charge is 0.290 e. The van der Waals surface area contributed by atoms with Crippen molar-refractivity contribution >= 4 is 0 Å². The average molecular weight is 269 g/mol. The van der Waals surface area contributed by atoms with Crippen molar-refractivity contribution in [2.24, 2.45) is 5.92 Å². The third-order valence-electron chi connectivity index (χ3n) is 4.79. The van der Waals surface area contributed by atoms with Crippen LogP contribution in [0.2, 0.25) is 0 Å². The second-order valence-electron chi connectivity index (χ2n) is 5.90. The van der Waals surface area contributed by atoms with Crippen LogP contribution < -0.4 is 0 Å². The van der Waals surface area contributed by atoms with E-state index in [4.69, 9.17) is 0 Å². The van der Waals surface area contributed by atoms with Gasteiger partial charge in [-0.25, -0.2) is 4.98 Å². The van der Waals surface area contributed by atoms with Crippen molar-refractivity contribution in [1.29, 1.82) is 0 Å². The van der Waals surface area contributed by atoms with Gasteiger partial charge in [0.2, 0.25) is 0 Å². The van der Waals surface area contributed by atoms with E-state index < -0.39 is 6.55 Å². The van der Waals surface area contributed by atoms with Crippen molar-refractivity contribution in [1.82, 2.24) is 14.5 Å². The van der Waals surface area contributed by atoms with Crippen LogP contribution in [0.1, 0.15) is 51.4 Å². The third kappa shape index (κ3) is 2.40. The first-order valence-corrected chi connectivity index (χ1v) is 7.22. The van der Waals surface area contributed by atoms with Gasteiger partial charge >= 0.3 is 6.55 Å².